The molecule has 0 unspecified atom stereocenters. The standard InChI is InChI=1S/C18H18BrNO2/c1-11(2)22-14-6-3-12(4-7-14)9-16-15-10-13(19)5-8-17(15)20-18(16)21/h3-8,10-11,16H,9H2,1-2H3,(H,20,21)/t16-/m0/s1. The Morgan fingerprint density at radius 2 is 1.91 bits per heavy atom. The smallest absolute Gasteiger partial charge is 0.232 e. The Kier molecular flexibility index (Phi) is 4.21. The van der Waals surface area contributed by atoms with Crippen molar-refractivity contribution in [3.05, 3.63) is 58.1 Å². The second-order valence-electron chi connectivity index (χ2n) is 5.79. The first-order chi connectivity index (χ1) is 10.5. The number of carbonyl (C=O) groups is 1. The van der Waals surface area contributed by atoms with E-state index in [0.29, 0.717) is 6.42 Å². The first-order valence-corrected chi connectivity index (χ1v) is 8.18. The summed E-state index contributed by atoms with van der Waals surface area (Å²) in [6, 6.07) is 13.9. The minimum Gasteiger partial charge on any atom is -0.491 e. The molecule has 0 aromatic heterocycles. The zero-order valence-electron chi connectivity index (χ0n) is 12.6. The number of anilines is 1. The molecule has 2 aromatic carbocycles. The summed E-state index contributed by atoms with van der Waals surface area (Å²) in [6.45, 7) is 4.01. The van der Waals surface area contributed by atoms with E-state index in [2.05, 4.69) is 21.2 Å². The molecule has 0 aliphatic carbocycles. The van der Waals surface area contributed by atoms with E-state index in [-0.39, 0.29) is 17.9 Å². The fourth-order valence-electron chi connectivity index (χ4n) is 2.71. The zero-order valence-corrected chi connectivity index (χ0v) is 14.2. The number of nitrogens with one attached hydrogen (secondary N) is 1. The second kappa shape index (κ2) is 6.13. The third kappa shape index (κ3) is 3.17. The second-order valence-corrected chi connectivity index (χ2v) is 6.70. The van der Waals surface area contributed by atoms with E-state index in [4.69, 9.17) is 4.74 Å². The number of fused-ring (bicyclic) bond motifs is 1. The molecule has 0 spiro atoms. The van der Waals surface area contributed by atoms with Crippen LogP contribution in [0.5, 0.6) is 5.75 Å². The van der Waals surface area contributed by atoms with Crippen molar-refractivity contribution in [2.24, 2.45) is 0 Å². The van der Waals surface area contributed by atoms with Gasteiger partial charge < -0.3 is 10.1 Å². The minimum absolute atomic E-state index is 0.0654. The maximum absolute atomic E-state index is 12.2. The highest BCUT2D eigenvalue weighted by atomic mass is 79.9. The van der Waals surface area contributed by atoms with Crippen molar-refractivity contribution >= 4 is 27.5 Å². The van der Waals surface area contributed by atoms with Crippen molar-refractivity contribution in [3.8, 4) is 5.75 Å². The Morgan fingerprint density at radius 1 is 1.18 bits per heavy atom. The van der Waals surface area contributed by atoms with Crippen molar-refractivity contribution in [1.82, 2.24) is 0 Å². The van der Waals surface area contributed by atoms with Crippen LogP contribution >= 0.6 is 15.9 Å². The summed E-state index contributed by atoms with van der Waals surface area (Å²) in [5.41, 5.74) is 3.10. The third-order valence-electron chi connectivity index (χ3n) is 3.70. The molecule has 22 heavy (non-hydrogen) atoms. The molecule has 1 aliphatic heterocycles. The lowest BCUT2D eigenvalue weighted by molar-refractivity contribution is -0.117. The van der Waals surface area contributed by atoms with Crippen LogP contribution in [0.3, 0.4) is 0 Å². The van der Waals surface area contributed by atoms with Gasteiger partial charge in [-0.2, -0.15) is 0 Å². The Morgan fingerprint density at radius 3 is 2.59 bits per heavy atom. The summed E-state index contributed by atoms with van der Waals surface area (Å²) < 4.78 is 6.64. The normalized spacial score (nSPS) is 16.5. The average Bonchev–Trinajstić information content (AvgIpc) is 2.76. The molecule has 0 radical (unpaired) electrons. The molecule has 1 heterocycles. The van der Waals surface area contributed by atoms with Crippen LogP contribution in [0.1, 0.15) is 30.9 Å². The first kappa shape index (κ1) is 15.1. The van der Waals surface area contributed by atoms with E-state index in [1.165, 1.54) is 0 Å². The van der Waals surface area contributed by atoms with Gasteiger partial charge in [0, 0.05) is 10.2 Å². The molecule has 0 saturated carbocycles. The number of hydrogen-bond donors (Lipinski definition) is 1. The number of benzene rings is 2. The van der Waals surface area contributed by atoms with Crippen molar-refractivity contribution < 1.29 is 9.53 Å². The van der Waals surface area contributed by atoms with Gasteiger partial charge in [-0.3, -0.25) is 4.79 Å². The van der Waals surface area contributed by atoms with Crippen molar-refractivity contribution in [2.75, 3.05) is 5.32 Å². The molecule has 3 rings (SSSR count). The predicted molar refractivity (Wildman–Crippen MR) is 91.4 cm³/mol. The van der Waals surface area contributed by atoms with E-state index in [1.54, 1.807) is 0 Å². The number of hydrogen-bond acceptors (Lipinski definition) is 2. The van der Waals surface area contributed by atoms with Gasteiger partial charge in [-0.25, -0.2) is 0 Å². The summed E-state index contributed by atoms with van der Waals surface area (Å²) in [5.74, 6) is 0.790. The number of ether oxygens (including phenoxy) is 1. The quantitative estimate of drug-likeness (QED) is 0.871. The minimum atomic E-state index is -0.135. The van der Waals surface area contributed by atoms with Gasteiger partial charge in [0.25, 0.3) is 0 Å². The highest BCUT2D eigenvalue weighted by molar-refractivity contribution is 9.10. The first-order valence-electron chi connectivity index (χ1n) is 7.39. The van der Waals surface area contributed by atoms with Gasteiger partial charge in [-0.05, 0) is 61.7 Å². The topological polar surface area (TPSA) is 38.3 Å². The van der Waals surface area contributed by atoms with Crippen molar-refractivity contribution in [1.29, 1.82) is 0 Å². The molecule has 1 amide bonds. The molecule has 1 atom stereocenters. The Hall–Kier alpha value is -1.81. The fourth-order valence-corrected chi connectivity index (χ4v) is 3.09. The van der Waals surface area contributed by atoms with E-state index < -0.39 is 0 Å². The Balaban J connectivity index is 1.79. The summed E-state index contributed by atoms with van der Waals surface area (Å²) in [5, 5.41) is 2.95. The molecule has 0 saturated heterocycles. The van der Waals surface area contributed by atoms with Gasteiger partial charge in [0.05, 0.1) is 12.0 Å². The fraction of sp³-hybridized carbons (Fsp3) is 0.278. The van der Waals surface area contributed by atoms with E-state index in [1.807, 2.05) is 56.3 Å². The van der Waals surface area contributed by atoms with Crippen LogP contribution in [0.4, 0.5) is 5.69 Å². The van der Waals surface area contributed by atoms with Crippen LogP contribution in [0.2, 0.25) is 0 Å². The van der Waals surface area contributed by atoms with Crippen LogP contribution < -0.4 is 10.1 Å². The van der Waals surface area contributed by atoms with Gasteiger partial charge >= 0.3 is 0 Å². The maximum atomic E-state index is 12.2. The maximum Gasteiger partial charge on any atom is 0.232 e. The largest absolute Gasteiger partial charge is 0.491 e. The predicted octanol–water partition coefficient (Wildman–Crippen LogP) is 4.51. The van der Waals surface area contributed by atoms with Crippen molar-refractivity contribution in [3.63, 3.8) is 0 Å². The van der Waals surface area contributed by atoms with Crippen LogP contribution in [0.15, 0.2) is 46.9 Å². The molecule has 114 valence electrons. The number of amides is 1. The Labute approximate surface area is 138 Å². The van der Waals surface area contributed by atoms with Crippen LogP contribution in [-0.2, 0) is 11.2 Å². The molecular formula is C18H18BrNO2. The van der Waals surface area contributed by atoms with Gasteiger partial charge in [-0.15, -0.1) is 0 Å². The summed E-state index contributed by atoms with van der Waals surface area (Å²) in [6.07, 6.45) is 0.854. The van der Waals surface area contributed by atoms with Gasteiger partial charge in [0.15, 0.2) is 0 Å². The lowest BCUT2D eigenvalue weighted by Crippen LogP contribution is -2.14. The van der Waals surface area contributed by atoms with Crippen LogP contribution in [0, 0.1) is 0 Å². The molecule has 1 aliphatic rings. The van der Waals surface area contributed by atoms with Crippen LogP contribution in [0.25, 0.3) is 0 Å². The molecule has 2 aromatic rings. The van der Waals surface area contributed by atoms with Crippen molar-refractivity contribution in [2.45, 2.75) is 32.3 Å². The molecule has 3 nitrogen and oxygen atoms in total. The molecule has 1 N–H and O–H groups in total. The zero-order chi connectivity index (χ0) is 15.7. The van der Waals surface area contributed by atoms with Gasteiger partial charge in [0.1, 0.15) is 5.75 Å². The average molecular weight is 360 g/mol. The van der Waals surface area contributed by atoms with E-state index in [0.717, 1.165) is 27.0 Å². The number of halogens is 1. The number of carbonyl (C=O) groups excluding carboxylic acids is 1. The highest BCUT2D eigenvalue weighted by Crippen LogP contribution is 2.36. The molecule has 0 fully saturated rings. The van der Waals surface area contributed by atoms with Crippen LogP contribution in [-0.4, -0.2) is 12.0 Å². The monoisotopic (exact) mass is 359 g/mol. The summed E-state index contributed by atoms with van der Waals surface area (Å²) >= 11 is 3.47. The lowest BCUT2D eigenvalue weighted by atomic mass is 9.93. The van der Waals surface area contributed by atoms with Gasteiger partial charge in [-0.1, -0.05) is 28.1 Å². The number of rotatable bonds is 4. The highest BCUT2D eigenvalue weighted by Gasteiger charge is 2.30. The van der Waals surface area contributed by atoms with E-state index >= 15 is 0 Å². The third-order valence-corrected chi connectivity index (χ3v) is 4.19. The lowest BCUT2D eigenvalue weighted by Gasteiger charge is -2.12. The summed E-state index contributed by atoms with van der Waals surface area (Å²) in [7, 11) is 0. The van der Waals surface area contributed by atoms with Gasteiger partial charge in [0.2, 0.25) is 5.91 Å². The molecule has 0 bridgehead atoms. The molecular weight excluding hydrogens is 342 g/mol. The SMILES string of the molecule is CC(C)Oc1ccc(C[C@@H]2C(=O)Nc3ccc(Br)cc32)cc1. The Bertz CT molecular complexity index is 695. The molecule has 4 heteroatoms. The van der Waals surface area contributed by atoms with E-state index in [9.17, 15) is 4.79 Å². The summed E-state index contributed by atoms with van der Waals surface area (Å²) in [4.78, 5) is 12.2.